The van der Waals surface area contributed by atoms with Crippen LogP contribution >= 0.6 is 11.8 Å². The van der Waals surface area contributed by atoms with Gasteiger partial charge in [-0.25, -0.2) is 0 Å². The highest BCUT2D eigenvalue weighted by Gasteiger charge is 2.50. The minimum absolute atomic E-state index is 0.000655. The van der Waals surface area contributed by atoms with Gasteiger partial charge in [0.25, 0.3) is 0 Å². The van der Waals surface area contributed by atoms with Gasteiger partial charge in [0.05, 0.1) is 12.1 Å². The molecule has 1 fully saturated rings. The molecule has 1 saturated heterocycles. The number of hydrogen-bond acceptors (Lipinski definition) is 6. The van der Waals surface area contributed by atoms with Crippen LogP contribution in [0.3, 0.4) is 0 Å². The van der Waals surface area contributed by atoms with E-state index in [0.29, 0.717) is 12.3 Å². The molecule has 4 rings (SSSR count). The standard InChI is InChI=1S/C23H32N4O2S/c1-13(2)7-10-30-22-26-20-19(21(29)27-22)17(14-5-8-24-9-6-14)18-15(25-20)11-23(3,4)12-16(18)28/h5-6,8-9,13,17,19-20,22,25-26H,7,10-12H2,1-4H3,(H,27,29). The topological polar surface area (TPSA) is 83.1 Å². The lowest BCUT2D eigenvalue weighted by Gasteiger charge is -2.48. The van der Waals surface area contributed by atoms with Crippen molar-refractivity contribution in [3.05, 3.63) is 41.4 Å². The number of amides is 1. The van der Waals surface area contributed by atoms with Crippen molar-refractivity contribution in [2.45, 2.75) is 64.5 Å². The lowest BCUT2D eigenvalue weighted by molar-refractivity contribution is -0.130. The van der Waals surface area contributed by atoms with E-state index in [9.17, 15) is 9.59 Å². The van der Waals surface area contributed by atoms with Crippen LogP contribution < -0.4 is 16.0 Å². The Bertz CT molecular complexity index is 852. The van der Waals surface area contributed by atoms with Crippen molar-refractivity contribution in [2.24, 2.45) is 17.3 Å². The fourth-order valence-corrected chi connectivity index (χ4v) is 6.09. The van der Waals surface area contributed by atoms with Crippen LogP contribution in [-0.2, 0) is 9.59 Å². The van der Waals surface area contributed by atoms with Crippen LogP contribution in [0.15, 0.2) is 35.8 Å². The highest BCUT2D eigenvalue weighted by Crippen LogP contribution is 2.47. The smallest absolute Gasteiger partial charge is 0.229 e. The number of nitrogens with zero attached hydrogens (tertiary/aromatic N) is 1. The molecule has 7 heteroatoms. The minimum atomic E-state index is -0.377. The SMILES string of the molecule is CC(C)CCSC1NC(=O)C2C(NC3=C(C(=O)CC(C)(C)C3)C2c2ccncc2)N1. The fourth-order valence-electron chi connectivity index (χ4n) is 4.81. The number of ketones is 1. The van der Waals surface area contributed by atoms with E-state index in [2.05, 4.69) is 48.6 Å². The van der Waals surface area contributed by atoms with Gasteiger partial charge >= 0.3 is 0 Å². The molecule has 2 aliphatic heterocycles. The van der Waals surface area contributed by atoms with Crippen LogP contribution in [0, 0.1) is 17.3 Å². The molecule has 3 heterocycles. The first-order chi connectivity index (χ1) is 14.2. The molecule has 6 nitrogen and oxygen atoms in total. The van der Waals surface area contributed by atoms with E-state index in [-0.39, 0.29) is 40.6 Å². The summed E-state index contributed by atoms with van der Waals surface area (Å²) < 4.78 is 0. The zero-order valence-electron chi connectivity index (χ0n) is 18.2. The van der Waals surface area contributed by atoms with Crippen LogP contribution in [0.4, 0.5) is 0 Å². The van der Waals surface area contributed by atoms with Crippen LogP contribution in [0.2, 0.25) is 0 Å². The van der Waals surface area contributed by atoms with Gasteiger partial charge in [-0.2, -0.15) is 0 Å². The molecule has 1 amide bonds. The predicted octanol–water partition coefficient (Wildman–Crippen LogP) is 3.14. The number of carbonyl (C=O) groups excluding carboxylic acids is 2. The Morgan fingerprint density at radius 1 is 1.17 bits per heavy atom. The minimum Gasteiger partial charge on any atom is -0.372 e. The van der Waals surface area contributed by atoms with Crippen LogP contribution in [-0.4, -0.2) is 34.1 Å². The van der Waals surface area contributed by atoms with Crippen LogP contribution in [0.25, 0.3) is 0 Å². The van der Waals surface area contributed by atoms with E-state index in [1.165, 1.54) is 0 Å². The third-order valence-corrected chi connectivity index (χ3v) is 7.29. The first kappa shape index (κ1) is 21.4. The van der Waals surface area contributed by atoms with E-state index in [1.54, 1.807) is 24.2 Å². The maximum atomic E-state index is 13.3. The molecule has 0 saturated carbocycles. The van der Waals surface area contributed by atoms with Crippen LogP contribution in [0.5, 0.6) is 0 Å². The maximum Gasteiger partial charge on any atom is 0.229 e. The zero-order valence-corrected chi connectivity index (χ0v) is 19.0. The molecule has 1 aromatic heterocycles. The largest absolute Gasteiger partial charge is 0.372 e. The Morgan fingerprint density at radius 3 is 2.60 bits per heavy atom. The highest BCUT2D eigenvalue weighted by molar-refractivity contribution is 7.99. The van der Waals surface area contributed by atoms with Crippen molar-refractivity contribution in [1.82, 2.24) is 20.9 Å². The number of aromatic nitrogens is 1. The summed E-state index contributed by atoms with van der Waals surface area (Å²) in [5, 5.41) is 10.3. The molecule has 4 unspecified atom stereocenters. The van der Waals surface area contributed by atoms with Gasteiger partial charge in [0.1, 0.15) is 5.50 Å². The van der Waals surface area contributed by atoms with Crippen molar-refractivity contribution in [3.63, 3.8) is 0 Å². The third kappa shape index (κ3) is 4.28. The number of nitrogens with one attached hydrogen (secondary N) is 3. The van der Waals surface area contributed by atoms with Gasteiger partial charge in [-0.3, -0.25) is 19.9 Å². The summed E-state index contributed by atoms with van der Waals surface area (Å²) in [7, 11) is 0. The van der Waals surface area contributed by atoms with E-state index in [1.807, 2.05) is 12.1 Å². The second kappa shape index (κ2) is 8.35. The summed E-state index contributed by atoms with van der Waals surface area (Å²) in [5.41, 5.74) is 2.54. The molecular weight excluding hydrogens is 396 g/mol. The average Bonchev–Trinajstić information content (AvgIpc) is 2.65. The van der Waals surface area contributed by atoms with Crippen molar-refractivity contribution in [3.8, 4) is 0 Å². The Labute approximate surface area is 183 Å². The summed E-state index contributed by atoms with van der Waals surface area (Å²) in [4.78, 5) is 30.6. The van der Waals surface area contributed by atoms with E-state index in [0.717, 1.165) is 35.4 Å². The number of Topliss-reactive ketones (excluding diaryl/α,β-unsaturated/α-hetero) is 1. The summed E-state index contributed by atoms with van der Waals surface area (Å²) in [6.45, 7) is 8.69. The molecule has 0 radical (unpaired) electrons. The number of rotatable bonds is 5. The van der Waals surface area contributed by atoms with Gasteiger partial charge in [-0.05, 0) is 47.6 Å². The van der Waals surface area contributed by atoms with E-state index < -0.39 is 0 Å². The Morgan fingerprint density at radius 2 is 1.90 bits per heavy atom. The second-order valence-electron chi connectivity index (χ2n) is 9.85. The third-order valence-electron chi connectivity index (χ3n) is 6.23. The molecule has 3 aliphatic rings. The second-order valence-corrected chi connectivity index (χ2v) is 11.1. The molecule has 30 heavy (non-hydrogen) atoms. The number of hydrogen-bond donors (Lipinski definition) is 3. The van der Waals surface area contributed by atoms with Crippen molar-refractivity contribution < 1.29 is 9.59 Å². The van der Waals surface area contributed by atoms with Crippen molar-refractivity contribution in [1.29, 1.82) is 0 Å². The number of thioether (sulfide) groups is 1. The summed E-state index contributed by atoms with van der Waals surface area (Å²) >= 11 is 1.74. The number of fused-ring (bicyclic) bond motifs is 1. The number of pyridine rings is 1. The first-order valence-corrected chi connectivity index (χ1v) is 11.9. The molecule has 0 aromatic carbocycles. The Balaban J connectivity index is 1.66. The van der Waals surface area contributed by atoms with Gasteiger partial charge in [-0.1, -0.05) is 27.7 Å². The van der Waals surface area contributed by atoms with Crippen molar-refractivity contribution in [2.75, 3.05) is 5.75 Å². The van der Waals surface area contributed by atoms with Crippen molar-refractivity contribution >= 4 is 23.5 Å². The Hall–Kier alpha value is -1.86. The van der Waals surface area contributed by atoms with E-state index in [4.69, 9.17) is 0 Å². The zero-order chi connectivity index (χ0) is 21.5. The Kier molecular flexibility index (Phi) is 5.95. The van der Waals surface area contributed by atoms with Gasteiger partial charge in [0, 0.05) is 36.0 Å². The summed E-state index contributed by atoms with van der Waals surface area (Å²) in [6, 6.07) is 3.86. The first-order valence-electron chi connectivity index (χ1n) is 10.9. The normalized spacial score (nSPS) is 30.4. The number of carbonyl (C=O) groups is 2. The summed E-state index contributed by atoms with van der Waals surface area (Å²) in [6.07, 6.45) is 5.71. The van der Waals surface area contributed by atoms with Gasteiger partial charge in [0.15, 0.2) is 5.78 Å². The fraction of sp³-hybridized carbons (Fsp3) is 0.609. The predicted molar refractivity (Wildman–Crippen MR) is 119 cm³/mol. The van der Waals surface area contributed by atoms with E-state index >= 15 is 0 Å². The molecule has 1 aromatic rings. The van der Waals surface area contributed by atoms with Gasteiger partial charge in [0.2, 0.25) is 5.91 Å². The molecule has 4 atom stereocenters. The monoisotopic (exact) mass is 428 g/mol. The quantitative estimate of drug-likeness (QED) is 0.668. The van der Waals surface area contributed by atoms with Crippen LogP contribution in [0.1, 0.15) is 58.4 Å². The molecule has 162 valence electrons. The lowest BCUT2D eigenvalue weighted by Crippen LogP contribution is -2.68. The van der Waals surface area contributed by atoms with Gasteiger partial charge < -0.3 is 10.6 Å². The highest BCUT2D eigenvalue weighted by atomic mass is 32.2. The summed E-state index contributed by atoms with van der Waals surface area (Å²) in [5.74, 6) is 1.14. The molecule has 0 spiro atoms. The molecule has 0 bridgehead atoms. The average molecular weight is 429 g/mol. The molecule has 1 aliphatic carbocycles. The van der Waals surface area contributed by atoms with Gasteiger partial charge in [-0.15, -0.1) is 11.8 Å². The molecule has 3 N–H and O–H groups in total. The molecular formula is C23H32N4O2S. The maximum absolute atomic E-state index is 13.3. The number of allylic oxidation sites excluding steroid dienone is 2. The lowest BCUT2D eigenvalue weighted by atomic mass is 9.66.